The monoisotopic (exact) mass is 414 g/mol. The van der Waals surface area contributed by atoms with Crippen LogP contribution in [0.3, 0.4) is 0 Å². The minimum atomic E-state index is -0.552. The molecule has 5 nitrogen and oxygen atoms in total. The molecule has 1 atom stereocenters. The predicted octanol–water partition coefficient (Wildman–Crippen LogP) is 3.84. The highest BCUT2D eigenvalue weighted by atomic mass is 35.5. The number of likely N-dealkylation sites (tertiary alicyclic amines) is 1. The van der Waals surface area contributed by atoms with Crippen LogP contribution in [0.2, 0.25) is 5.02 Å². The highest BCUT2D eigenvalue weighted by Crippen LogP contribution is 2.30. The number of β-amino-alcohol motifs (C(OH)–C–C–N with tert-alkyl or cyclic N) is 1. The van der Waals surface area contributed by atoms with Gasteiger partial charge in [-0.25, -0.2) is 0 Å². The van der Waals surface area contributed by atoms with Crippen molar-refractivity contribution in [2.24, 2.45) is 0 Å². The number of aliphatic hydroxyl groups is 1. The fourth-order valence-corrected chi connectivity index (χ4v) is 4.39. The Morgan fingerprint density at radius 1 is 1.17 bits per heavy atom. The number of ether oxygens (including phenoxy) is 1. The number of carbonyl (C=O) groups excluding carboxylic acids is 1. The van der Waals surface area contributed by atoms with Crippen molar-refractivity contribution in [3.8, 4) is 5.75 Å². The number of piperidine rings is 1. The minimum absolute atomic E-state index is 0.0378. The zero-order chi connectivity index (χ0) is 20.2. The number of nitrogens with one attached hydrogen (secondary N) is 1. The molecule has 0 radical (unpaired) electrons. The van der Waals surface area contributed by atoms with Gasteiger partial charge in [-0.1, -0.05) is 29.8 Å². The number of fused-ring (bicyclic) bond motifs is 1. The first-order chi connectivity index (χ1) is 14.1. The first-order valence-corrected chi connectivity index (χ1v) is 10.7. The maximum absolute atomic E-state index is 11.6. The van der Waals surface area contributed by atoms with Gasteiger partial charge < -0.3 is 20.1 Å². The molecule has 0 saturated carbocycles. The molecule has 1 fully saturated rings. The largest absolute Gasteiger partial charge is 0.491 e. The van der Waals surface area contributed by atoms with Crippen molar-refractivity contribution >= 4 is 23.2 Å². The standard InChI is InChI=1S/C23H27ClN2O3/c24-19-3-1-2-18(12-19)16-8-10-26(11-9-16)14-20(27)15-29-21-6-4-17-5-7-23(28)25-22(17)13-21/h1-4,6,12-13,16,20,27H,5,7-11,14-15H2,(H,25,28). The van der Waals surface area contributed by atoms with Crippen molar-refractivity contribution in [2.45, 2.75) is 37.7 Å². The maximum Gasteiger partial charge on any atom is 0.224 e. The molecule has 0 bridgehead atoms. The summed E-state index contributed by atoms with van der Waals surface area (Å²) in [6.45, 7) is 2.75. The van der Waals surface area contributed by atoms with Crippen LogP contribution in [0, 0.1) is 0 Å². The normalized spacial score (nSPS) is 18.8. The summed E-state index contributed by atoms with van der Waals surface area (Å²) in [5.74, 6) is 1.24. The molecule has 1 unspecified atom stereocenters. The molecular weight excluding hydrogens is 388 g/mol. The number of aryl methyl sites for hydroxylation is 1. The van der Waals surface area contributed by atoms with Gasteiger partial charge in [0, 0.05) is 29.7 Å². The fourth-order valence-electron chi connectivity index (χ4n) is 4.19. The number of amides is 1. The quantitative estimate of drug-likeness (QED) is 0.753. The Hall–Kier alpha value is -2.08. The first-order valence-electron chi connectivity index (χ1n) is 10.3. The zero-order valence-corrected chi connectivity index (χ0v) is 17.2. The van der Waals surface area contributed by atoms with Gasteiger partial charge >= 0.3 is 0 Å². The molecule has 2 N–H and O–H groups in total. The number of carbonyl (C=O) groups is 1. The van der Waals surface area contributed by atoms with Crippen molar-refractivity contribution in [3.05, 3.63) is 58.6 Å². The second-order valence-corrected chi connectivity index (χ2v) is 8.40. The number of benzene rings is 2. The molecule has 4 rings (SSSR count). The summed E-state index contributed by atoms with van der Waals surface area (Å²) in [5.41, 5.74) is 3.25. The number of halogens is 1. The highest BCUT2D eigenvalue weighted by molar-refractivity contribution is 6.30. The van der Waals surface area contributed by atoms with Crippen LogP contribution in [0.4, 0.5) is 5.69 Å². The molecule has 0 aliphatic carbocycles. The van der Waals surface area contributed by atoms with E-state index in [-0.39, 0.29) is 12.5 Å². The van der Waals surface area contributed by atoms with Crippen LogP contribution in [0.1, 0.15) is 36.3 Å². The van der Waals surface area contributed by atoms with Crippen LogP contribution in [-0.2, 0) is 11.2 Å². The zero-order valence-electron chi connectivity index (χ0n) is 16.4. The van der Waals surface area contributed by atoms with Gasteiger partial charge in [0.25, 0.3) is 0 Å². The Balaban J connectivity index is 1.23. The summed E-state index contributed by atoms with van der Waals surface area (Å²) < 4.78 is 5.77. The lowest BCUT2D eigenvalue weighted by atomic mass is 9.89. The first kappa shape index (κ1) is 20.2. The SMILES string of the molecule is O=C1CCc2ccc(OCC(O)CN3CCC(c4cccc(Cl)c4)CC3)cc2N1. The molecule has 2 heterocycles. The summed E-state index contributed by atoms with van der Waals surface area (Å²) in [4.78, 5) is 13.8. The van der Waals surface area contributed by atoms with Crippen molar-refractivity contribution < 1.29 is 14.6 Å². The van der Waals surface area contributed by atoms with E-state index in [9.17, 15) is 9.90 Å². The van der Waals surface area contributed by atoms with Crippen molar-refractivity contribution in [1.82, 2.24) is 4.90 Å². The van der Waals surface area contributed by atoms with Crippen molar-refractivity contribution in [3.63, 3.8) is 0 Å². The third kappa shape index (κ3) is 5.30. The second-order valence-electron chi connectivity index (χ2n) is 7.96. The van der Waals surface area contributed by atoms with E-state index in [0.29, 0.717) is 24.6 Å². The Labute approximate surface area is 176 Å². The number of anilines is 1. The van der Waals surface area contributed by atoms with Crippen molar-refractivity contribution in [2.75, 3.05) is 31.6 Å². The molecule has 2 aliphatic heterocycles. The van der Waals surface area contributed by atoms with E-state index in [2.05, 4.69) is 22.3 Å². The van der Waals surface area contributed by atoms with E-state index in [1.54, 1.807) is 0 Å². The molecule has 6 heteroatoms. The molecule has 1 amide bonds. The summed E-state index contributed by atoms with van der Waals surface area (Å²) in [6, 6.07) is 13.9. The summed E-state index contributed by atoms with van der Waals surface area (Å²) in [5, 5.41) is 14.1. The molecule has 2 aromatic carbocycles. The van der Waals surface area contributed by atoms with E-state index >= 15 is 0 Å². The van der Waals surface area contributed by atoms with Gasteiger partial charge in [-0.3, -0.25) is 4.79 Å². The van der Waals surface area contributed by atoms with Crippen LogP contribution in [0.5, 0.6) is 5.75 Å². The molecule has 2 aromatic rings. The van der Waals surface area contributed by atoms with Crippen LogP contribution in [0.15, 0.2) is 42.5 Å². The predicted molar refractivity (Wildman–Crippen MR) is 115 cm³/mol. The average molecular weight is 415 g/mol. The van der Waals surface area contributed by atoms with E-state index in [0.717, 1.165) is 48.6 Å². The lowest BCUT2D eigenvalue weighted by Gasteiger charge is -2.33. The lowest BCUT2D eigenvalue weighted by molar-refractivity contribution is -0.116. The van der Waals surface area contributed by atoms with E-state index < -0.39 is 6.10 Å². The second kappa shape index (κ2) is 9.16. The lowest BCUT2D eigenvalue weighted by Crippen LogP contribution is -2.40. The number of rotatable bonds is 6. The molecule has 29 heavy (non-hydrogen) atoms. The Morgan fingerprint density at radius 2 is 2.00 bits per heavy atom. The van der Waals surface area contributed by atoms with Crippen LogP contribution >= 0.6 is 11.6 Å². The van der Waals surface area contributed by atoms with E-state index in [1.807, 2.05) is 30.3 Å². The van der Waals surface area contributed by atoms with Gasteiger partial charge in [-0.2, -0.15) is 0 Å². The molecule has 154 valence electrons. The Morgan fingerprint density at radius 3 is 2.79 bits per heavy atom. The van der Waals surface area contributed by atoms with E-state index in [1.165, 1.54) is 5.56 Å². The Kier molecular flexibility index (Phi) is 6.38. The number of aliphatic hydroxyl groups excluding tert-OH is 1. The average Bonchev–Trinajstić information content (AvgIpc) is 2.72. The van der Waals surface area contributed by atoms with Gasteiger partial charge in [0.1, 0.15) is 18.5 Å². The fraction of sp³-hybridized carbons (Fsp3) is 0.435. The van der Waals surface area contributed by atoms with Gasteiger partial charge in [0.05, 0.1) is 0 Å². The van der Waals surface area contributed by atoms with Gasteiger partial charge in [0.2, 0.25) is 5.91 Å². The Bertz CT molecular complexity index is 865. The van der Waals surface area contributed by atoms with Crippen LogP contribution in [0.25, 0.3) is 0 Å². The topological polar surface area (TPSA) is 61.8 Å². The third-order valence-corrected chi connectivity index (χ3v) is 6.03. The van der Waals surface area contributed by atoms with E-state index in [4.69, 9.17) is 16.3 Å². The minimum Gasteiger partial charge on any atom is -0.491 e. The number of hydrogen-bond donors (Lipinski definition) is 2. The maximum atomic E-state index is 11.6. The van der Waals surface area contributed by atoms with Gasteiger partial charge in [0.15, 0.2) is 0 Å². The van der Waals surface area contributed by atoms with Crippen molar-refractivity contribution in [1.29, 1.82) is 0 Å². The van der Waals surface area contributed by atoms with Gasteiger partial charge in [-0.15, -0.1) is 0 Å². The molecule has 1 saturated heterocycles. The van der Waals surface area contributed by atoms with Gasteiger partial charge in [-0.05, 0) is 67.6 Å². The number of nitrogens with zero attached hydrogens (tertiary/aromatic N) is 1. The molecule has 0 aromatic heterocycles. The van der Waals surface area contributed by atoms with Crippen LogP contribution in [-0.4, -0.2) is 48.3 Å². The third-order valence-electron chi connectivity index (χ3n) is 5.80. The summed E-state index contributed by atoms with van der Waals surface area (Å²) >= 11 is 6.12. The molecule has 0 spiro atoms. The summed E-state index contributed by atoms with van der Waals surface area (Å²) in [6.07, 6.45) is 2.87. The van der Waals surface area contributed by atoms with Crippen LogP contribution < -0.4 is 10.1 Å². The molecular formula is C23H27ClN2O3. The number of hydrogen-bond acceptors (Lipinski definition) is 4. The molecule has 2 aliphatic rings. The highest BCUT2D eigenvalue weighted by Gasteiger charge is 2.22. The smallest absolute Gasteiger partial charge is 0.224 e. The summed E-state index contributed by atoms with van der Waals surface area (Å²) in [7, 11) is 0.